The smallest absolute Gasteiger partial charge is 0.414 e. The van der Waals surface area contributed by atoms with Crippen molar-refractivity contribution in [3.05, 3.63) is 60.3 Å². The lowest BCUT2D eigenvalue weighted by molar-refractivity contribution is -0.119. The van der Waals surface area contributed by atoms with Gasteiger partial charge < -0.3 is 21.1 Å². The Balaban J connectivity index is 1.67. The van der Waals surface area contributed by atoms with Crippen molar-refractivity contribution in [1.82, 2.24) is 15.6 Å². The summed E-state index contributed by atoms with van der Waals surface area (Å²) in [6.45, 7) is 4.38. The number of aromatic nitrogens is 1. The Kier molecular flexibility index (Phi) is 7.19. The first-order chi connectivity index (χ1) is 14.9. The van der Waals surface area contributed by atoms with Gasteiger partial charge in [-0.3, -0.25) is 14.7 Å². The van der Waals surface area contributed by atoms with Crippen LogP contribution < -0.4 is 21.3 Å². The van der Waals surface area contributed by atoms with Gasteiger partial charge in [-0.25, -0.2) is 9.18 Å². The molecule has 1 aliphatic heterocycles. The Morgan fingerprint density at radius 2 is 2.23 bits per heavy atom. The van der Waals surface area contributed by atoms with E-state index in [4.69, 9.17) is 10.5 Å². The van der Waals surface area contributed by atoms with Crippen molar-refractivity contribution in [2.75, 3.05) is 18.0 Å². The number of cyclic esters (lactones) is 1. The summed E-state index contributed by atoms with van der Waals surface area (Å²) in [6.07, 6.45) is 3.90. The standard InChI is InChI=1S/C22H26FN5O3/c1-14(7-8-24)25-11-17-4-3-16(10-27-17)20-6-5-18(9-21(20)23)28-13-19(31-22(28)30)12-26-15(2)29/h3-10,14,19,25H,11-13,24H2,1-2H3,(H,26,29)/b8-7+. The lowest BCUT2D eigenvalue weighted by Gasteiger charge is -2.15. The number of nitrogens with two attached hydrogens (primary N) is 1. The number of pyridine rings is 1. The lowest BCUT2D eigenvalue weighted by atomic mass is 10.1. The number of halogens is 1. The lowest BCUT2D eigenvalue weighted by Crippen LogP contribution is -2.33. The monoisotopic (exact) mass is 427 g/mol. The molecule has 2 atom stereocenters. The van der Waals surface area contributed by atoms with E-state index >= 15 is 0 Å². The minimum Gasteiger partial charge on any atom is -0.442 e. The number of carbonyl (C=O) groups is 2. The maximum Gasteiger partial charge on any atom is 0.414 e. The molecule has 0 radical (unpaired) electrons. The van der Waals surface area contributed by atoms with Gasteiger partial charge in [0.25, 0.3) is 0 Å². The van der Waals surface area contributed by atoms with Gasteiger partial charge in [0.1, 0.15) is 11.9 Å². The number of nitrogens with zero attached hydrogens (tertiary/aromatic N) is 2. The predicted octanol–water partition coefficient (Wildman–Crippen LogP) is 2.30. The van der Waals surface area contributed by atoms with E-state index in [9.17, 15) is 14.0 Å². The first kappa shape index (κ1) is 22.2. The number of rotatable bonds is 8. The van der Waals surface area contributed by atoms with Gasteiger partial charge in [-0.05, 0) is 37.4 Å². The molecule has 0 spiro atoms. The van der Waals surface area contributed by atoms with Crippen molar-refractivity contribution < 1.29 is 18.7 Å². The highest BCUT2D eigenvalue weighted by atomic mass is 19.1. The fraction of sp³-hybridized carbons (Fsp3) is 0.318. The minimum absolute atomic E-state index is 0.117. The zero-order valence-electron chi connectivity index (χ0n) is 17.5. The highest BCUT2D eigenvalue weighted by Crippen LogP contribution is 2.28. The number of ether oxygens (including phenoxy) is 1. The van der Waals surface area contributed by atoms with E-state index in [2.05, 4.69) is 15.6 Å². The van der Waals surface area contributed by atoms with Crippen LogP contribution in [0.3, 0.4) is 0 Å². The number of hydrogen-bond acceptors (Lipinski definition) is 6. The van der Waals surface area contributed by atoms with E-state index in [1.807, 2.05) is 19.1 Å². The van der Waals surface area contributed by atoms with Crippen LogP contribution in [-0.2, 0) is 16.1 Å². The zero-order valence-corrected chi connectivity index (χ0v) is 17.5. The summed E-state index contributed by atoms with van der Waals surface area (Å²) in [5.41, 5.74) is 7.61. The van der Waals surface area contributed by atoms with Crippen molar-refractivity contribution in [1.29, 1.82) is 0 Å². The van der Waals surface area contributed by atoms with E-state index in [1.165, 1.54) is 24.1 Å². The molecule has 164 valence electrons. The van der Waals surface area contributed by atoms with Gasteiger partial charge in [0.15, 0.2) is 0 Å². The summed E-state index contributed by atoms with van der Waals surface area (Å²) in [6, 6.07) is 8.33. The van der Waals surface area contributed by atoms with Crippen molar-refractivity contribution in [2.45, 2.75) is 32.5 Å². The molecular formula is C22H26FN5O3. The summed E-state index contributed by atoms with van der Waals surface area (Å²) >= 11 is 0. The molecule has 31 heavy (non-hydrogen) atoms. The SMILES string of the molecule is CC(=O)NCC1CN(c2ccc(-c3ccc(CNC(C)/C=C/N)nc3)c(F)c2)C(=O)O1. The molecule has 0 saturated carbocycles. The van der Waals surface area contributed by atoms with E-state index in [1.54, 1.807) is 24.4 Å². The number of nitrogens with one attached hydrogen (secondary N) is 2. The Morgan fingerprint density at radius 3 is 2.87 bits per heavy atom. The van der Waals surface area contributed by atoms with Crippen LogP contribution in [-0.4, -0.2) is 42.2 Å². The largest absolute Gasteiger partial charge is 0.442 e. The van der Waals surface area contributed by atoms with Crippen molar-refractivity contribution in [3.63, 3.8) is 0 Å². The van der Waals surface area contributed by atoms with Gasteiger partial charge >= 0.3 is 6.09 Å². The third kappa shape index (κ3) is 5.79. The highest BCUT2D eigenvalue weighted by molar-refractivity contribution is 5.90. The summed E-state index contributed by atoms with van der Waals surface area (Å²) in [7, 11) is 0. The molecule has 9 heteroatoms. The molecule has 1 fully saturated rings. The van der Waals surface area contributed by atoms with Gasteiger partial charge in [0.05, 0.1) is 24.5 Å². The van der Waals surface area contributed by atoms with Crippen LogP contribution in [0, 0.1) is 5.82 Å². The first-order valence-electron chi connectivity index (χ1n) is 9.96. The van der Waals surface area contributed by atoms with Crippen molar-refractivity contribution in [2.24, 2.45) is 5.73 Å². The topological polar surface area (TPSA) is 110 Å². The maximum atomic E-state index is 14.8. The van der Waals surface area contributed by atoms with Gasteiger partial charge in [0, 0.05) is 36.8 Å². The van der Waals surface area contributed by atoms with Crippen LogP contribution in [0.4, 0.5) is 14.9 Å². The molecule has 3 rings (SSSR count). The summed E-state index contributed by atoms with van der Waals surface area (Å²) in [5, 5.41) is 5.87. The average Bonchev–Trinajstić information content (AvgIpc) is 3.12. The van der Waals surface area contributed by atoms with Crippen molar-refractivity contribution >= 4 is 17.7 Å². The predicted molar refractivity (Wildman–Crippen MR) is 116 cm³/mol. The Bertz CT molecular complexity index is 964. The molecular weight excluding hydrogens is 401 g/mol. The zero-order chi connectivity index (χ0) is 22.4. The average molecular weight is 427 g/mol. The summed E-state index contributed by atoms with van der Waals surface area (Å²) in [4.78, 5) is 28.9. The first-order valence-corrected chi connectivity index (χ1v) is 9.96. The Hall–Kier alpha value is -3.46. The van der Waals surface area contributed by atoms with E-state index in [0.29, 0.717) is 23.4 Å². The molecule has 0 aliphatic carbocycles. The molecule has 8 nitrogen and oxygen atoms in total. The molecule has 1 aliphatic rings. The molecule has 2 unspecified atom stereocenters. The third-order valence-corrected chi connectivity index (χ3v) is 4.86. The van der Waals surface area contributed by atoms with E-state index in [0.717, 1.165) is 5.69 Å². The summed E-state index contributed by atoms with van der Waals surface area (Å²) < 4.78 is 20.0. The second kappa shape index (κ2) is 10.0. The van der Waals surface area contributed by atoms with Crippen LogP contribution in [0.5, 0.6) is 0 Å². The molecule has 0 bridgehead atoms. The molecule has 4 N–H and O–H groups in total. The van der Waals surface area contributed by atoms with Crippen LogP contribution in [0.15, 0.2) is 48.8 Å². The van der Waals surface area contributed by atoms with Gasteiger partial charge in [-0.2, -0.15) is 0 Å². The molecule has 2 heterocycles. The quantitative estimate of drug-likeness (QED) is 0.596. The number of amides is 2. The van der Waals surface area contributed by atoms with Crippen LogP contribution >= 0.6 is 0 Å². The summed E-state index contributed by atoms with van der Waals surface area (Å²) in [5.74, 6) is -0.674. The molecule has 1 aromatic heterocycles. The number of carbonyl (C=O) groups excluding carboxylic acids is 2. The molecule has 2 aromatic rings. The second-order valence-corrected chi connectivity index (χ2v) is 7.31. The number of benzene rings is 1. The third-order valence-electron chi connectivity index (χ3n) is 4.86. The Labute approximate surface area is 180 Å². The molecule has 1 saturated heterocycles. The normalized spacial score (nSPS) is 17.1. The molecule has 2 amide bonds. The van der Waals surface area contributed by atoms with Crippen LogP contribution in [0.25, 0.3) is 11.1 Å². The highest BCUT2D eigenvalue weighted by Gasteiger charge is 2.32. The number of hydrogen-bond donors (Lipinski definition) is 3. The Morgan fingerprint density at radius 1 is 1.42 bits per heavy atom. The van der Waals surface area contributed by atoms with Crippen LogP contribution in [0.1, 0.15) is 19.5 Å². The van der Waals surface area contributed by atoms with E-state index < -0.39 is 18.0 Å². The van der Waals surface area contributed by atoms with Gasteiger partial charge in [-0.15, -0.1) is 0 Å². The van der Waals surface area contributed by atoms with Crippen molar-refractivity contribution in [3.8, 4) is 11.1 Å². The van der Waals surface area contributed by atoms with Crippen LogP contribution in [0.2, 0.25) is 0 Å². The fourth-order valence-corrected chi connectivity index (χ4v) is 3.19. The second-order valence-electron chi connectivity index (χ2n) is 7.31. The molecule has 1 aromatic carbocycles. The van der Waals surface area contributed by atoms with E-state index in [-0.39, 0.29) is 25.0 Å². The number of anilines is 1. The van der Waals surface area contributed by atoms with Gasteiger partial charge in [-0.1, -0.05) is 12.1 Å². The fourth-order valence-electron chi connectivity index (χ4n) is 3.19. The maximum absolute atomic E-state index is 14.8. The van der Waals surface area contributed by atoms with Gasteiger partial charge in [0.2, 0.25) is 5.91 Å². The minimum atomic E-state index is -0.570.